The molecule has 3 aliphatic rings. The number of primary amides is 1. The lowest BCUT2D eigenvalue weighted by Crippen LogP contribution is -2.55. The van der Waals surface area contributed by atoms with Crippen LogP contribution in [0, 0.1) is 5.92 Å². The molecule has 7 heteroatoms. The Hall–Kier alpha value is -2.02. The minimum absolute atomic E-state index is 0.0440. The van der Waals surface area contributed by atoms with Crippen LogP contribution < -0.4 is 10.6 Å². The fourth-order valence-corrected chi connectivity index (χ4v) is 6.47. The average molecular weight is 414 g/mol. The molecule has 3 heterocycles. The van der Waals surface area contributed by atoms with Gasteiger partial charge >= 0.3 is 0 Å². The van der Waals surface area contributed by atoms with Crippen molar-refractivity contribution < 1.29 is 9.59 Å². The van der Waals surface area contributed by atoms with Gasteiger partial charge in [0.15, 0.2) is 0 Å². The lowest BCUT2D eigenvalue weighted by Gasteiger charge is -2.36. The first kappa shape index (κ1) is 18.0. The van der Waals surface area contributed by atoms with Crippen molar-refractivity contribution in [3.8, 4) is 0 Å². The third kappa shape index (κ3) is 2.38. The molecule has 28 heavy (non-hydrogen) atoms. The van der Waals surface area contributed by atoms with Gasteiger partial charge in [0.2, 0.25) is 5.91 Å². The number of amides is 2. The molecule has 5 nitrogen and oxygen atoms in total. The van der Waals surface area contributed by atoms with Gasteiger partial charge in [-0.1, -0.05) is 41.9 Å². The highest BCUT2D eigenvalue weighted by molar-refractivity contribution is 7.99. The number of hydrogen-bond donors (Lipinski definition) is 1. The molecule has 1 unspecified atom stereocenters. The van der Waals surface area contributed by atoms with Crippen LogP contribution in [0.4, 0.5) is 5.69 Å². The summed E-state index contributed by atoms with van der Waals surface area (Å²) < 4.78 is 0. The van der Waals surface area contributed by atoms with Gasteiger partial charge in [0.1, 0.15) is 5.54 Å². The molecule has 2 N–H and O–H groups in total. The Morgan fingerprint density at radius 2 is 1.96 bits per heavy atom. The number of para-hydroxylation sites is 1. The smallest absolute Gasteiger partial charge is 0.253 e. The van der Waals surface area contributed by atoms with Crippen LogP contribution >= 0.6 is 23.4 Å². The van der Waals surface area contributed by atoms with Gasteiger partial charge in [0.25, 0.3) is 5.91 Å². The maximum absolute atomic E-state index is 14.0. The molecular weight excluding hydrogens is 394 g/mol. The molecule has 2 aromatic carbocycles. The number of hydrogen-bond acceptors (Lipinski definition) is 4. The zero-order chi connectivity index (χ0) is 19.5. The largest absolute Gasteiger partial charge is 0.369 e. The number of nitrogens with zero attached hydrogens (tertiary/aromatic N) is 2. The second kappa shape index (κ2) is 6.51. The molecule has 0 bridgehead atoms. The minimum atomic E-state index is -0.983. The number of benzene rings is 2. The van der Waals surface area contributed by atoms with E-state index < -0.39 is 17.4 Å². The molecule has 1 spiro atoms. The van der Waals surface area contributed by atoms with E-state index in [9.17, 15) is 9.59 Å². The first-order valence-electron chi connectivity index (χ1n) is 9.33. The van der Waals surface area contributed by atoms with E-state index in [0.717, 1.165) is 28.4 Å². The van der Waals surface area contributed by atoms with Crippen molar-refractivity contribution in [2.24, 2.45) is 11.7 Å². The molecule has 0 aromatic heterocycles. The van der Waals surface area contributed by atoms with Crippen molar-refractivity contribution in [1.82, 2.24) is 4.90 Å². The van der Waals surface area contributed by atoms with Crippen molar-refractivity contribution in [3.63, 3.8) is 0 Å². The number of halogens is 1. The quantitative estimate of drug-likeness (QED) is 0.840. The normalized spacial score (nSPS) is 28.8. The summed E-state index contributed by atoms with van der Waals surface area (Å²) in [7, 11) is 0. The fourth-order valence-electron chi connectivity index (χ4n) is 5.04. The van der Waals surface area contributed by atoms with Crippen molar-refractivity contribution in [1.29, 1.82) is 0 Å². The first-order valence-corrected chi connectivity index (χ1v) is 10.9. The van der Waals surface area contributed by atoms with E-state index in [1.807, 2.05) is 60.3 Å². The van der Waals surface area contributed by atoms with Crippen LogP contribution in [-0.4, -0.2) is 34.4 Å². The zero-order valence-corrected chi connectivity index (χ0v) is 16.7. The summed E-state index contributed by atoms with van der Waals surface area (Å²) >= 11 is 7.82. The van der Waals surface area contributed by atoms with Crippen molar-refractivity contribution >= 4 is 40.9 Å². The number of thioether (sulfide) groups is 1. The number of anilines is 1. The second-order valence-electron chi connectivity index (χ2n) is 7.62. The highest BCUT2D eigenvalue weighted by Crippen LogP contribution is 2.57. The van der Waals surface area contributed by atoms with Gasteiger partial charge in [0, 0.05) is 33.9 Å². The fraction of sp³-hybridized carbons (Fsp3) is 0.333. The van der Waals surface area contributed by atoms with E-state index in [1.54, 1.807) is 4.90 Å². The Morgan fingerprint density at radius 3 is 2.71 bits per heavy atom. The number of fused-ring (bicyclic) bond motifs is 4. The second-order valence-corrected chi connectivity index (χ2v) is 9.05. The van der Waals surface area contributed by atoms with Gasteiger partial charge < -0.3 is 10.6 Å². The van der Waals surface area contributed by atoms with Gasteiger partial charge in [-0.05, 0) is 30.2 Å². The van der Waals surface area contributed by atoms with E-state index in [4.69, 9.17) is 17.3 Å². The van der Waals surface area contributed by atoms with Crippen molar-refractivity contribution in [2.45, 2.75) is 24.5 Å². The Labute approximate surface area is 172 Å². The summed E-state index contributed by atoms with van der Waals surface area (Å²) in [4.78, 5) is 30.4. The predicted octanol–water partition coefficient (Wildman–Crippen LogP) is 2.96. The van der Waals surface area contributed by atoms with Crippen molar-refractivity contribution in [2.75, 3.05) is 16.5 Å². The number of rotatable bonds is 3. The van der Waals surface area contributed by atoms with Crippen LogP contribution in [0.25, 0.3) is 0 Å². The average Bonchev–Trinajstić information content (AvgIpc) is 3.33. The minimum Gasteiger partial charge on any atom is -0.369 e. The summed E-state index contributed by atoms with van der Waals surface area (Å²) in [6.45, 7) is 0.436. The van der Waals surface area contributed by atoms with Crippen LogP contribution in [0.2, 0.25) is 5.02 Å². The van der Waals surface area contributed by atoms with Gasteiger partial charge in [-0.25, -0.2) is 0 Å². The van der Waals surface area contributed by atoms with Crippen LogP contribution in [0.15, 0.2) is 48.5 Å². The molecule has 0 aliphatic carbocycles. The summed E-state index contributed by atoms with van der Waals surface area (Å²) in [6, 6.07) is 15.5. The number of carbonyl (C=O) groups is 2. The van der Waals surface area contributed by atoms with Gasteiger partial charge in [-0.15, -0.1) is 11.8 Å². The summed E-state index contributed by atoms with van der Waals surface area (Å²) in [5.74, 6) is 0.720. The van der Waals surface area contributed by atoms with E-state index in [1.165, 1.54) is 0 Å². The van der Waals surface area contributed by atoms with Crippen molar-refractivity contribution in [3.05, 3.63) is 64.7 Å². The van der Waals surface area contributed by atoms with E-state index in [-0.39, 0.29) is 11.9 Å². The molecule has 0 radical (unpaired) electrons. The third-order valence-corrected chi connectivity index (χ3v) is 7.55. The van der Waals surface area contributed by atoms with Gasteiger partial charge in [0.05, 0.1) is 12.5 Å². The Balaban J connectivity index is 1.64. The Bertz CT molecular complexity index is 966. The van der Waals surface area contributed by atoms with E-state index >= 15 is 0 Å². The molecule has 2 aromatic rings. The standard InChI is InChI=1S/C21H20ClN3O2S/c22-14-7-5-13(6-8-14)10-24-18-4-2-1-3-16(18)21(20(24)27)17(19(23)26)9-15-11-28-12-25(15)21/h1-8,15,17H,9-12H2,(H2,23,26)/t15?,17-,21+/m0/s1. The highest BCUT2D eigenvalue weighted by Gasteiger charge is 2.66. The summed E-state index contributed by atoms with van der Waals surface area (Å²) in [5, 5.41) is 0.662. The molecule has 2 amide bonds. The Morgan fingerprint density at radius 1 is 1.21 bits per heavy atom. The summed E-state index contributed by atoms with van der Waals surface area (Å²) in [6.07, 6.45) is 0.636. The third-order valence-electron chi connectivity index (χ3n) is 6.22. The predicted molar refractivity (Wildman–Crippen MR) is 111 cm³/mol. The molecule has 3 atom stereocenters. The molecule has 5 rings (SSSR count). The van der Waals surface area contributed by atoms with E-state index in [0.29, 0.717) is 18.0 Å². The maximum atomic E-state index is 14.0. The SMILES string of the molecule is NC(=O)[C@@H]1CC2CSCN2[C@@]12C(=O)N(Cc1ccc(Cl)cc1)c1ccccc12. The molecule has 144 valence electrons. The summed E-state index contributed by atoms with van der Waals surface area (Å²) in [5.41, 5.74) is 7.61. The molecule has 2 fully saturated rings. The molecule has 3 aliphatic heterocycles. The van der Waals surface area contributed by atoms with Crippen LogP contribution in [0.1, 0.15) is 17.5 Å². The van der Waals surface area contributed by atoms with Crippen LogP contribution in [-0.2, 0) is 21.7 Å². The van der Waals surface area contributed by atoms with Crippen LogP contribution in [0.5, 0.6) is 0 Å². The lowest BCUT2D eigenvalue weighted by atomic mass is 9.79. The van der Waals surface area contributed by atoms with Crippen LogP contribution in [0.3, 0.4) is 0 Å². The molecule has 2 saturated heterocycles. The monoisotopic (exact) mass is 413 g/mol. The van der Waals surface area contributed by atoms with E-state index in [2.05, 4.69) is 4.90 Å². The molecular formula is C21H20ClN3O2S. The number of carbonyl (C=O) groups excluding carboxylic acids is 2. The Kier molecular flexibility index (Phi) is 4.19. The topological polar surface area (TPSA) is 66.6 Å². The lowest BCUT2D eigenvalue weighted by molar-refractivity contribution is -0.137. The zero-order valence-electron chi connectivity index (χ0n) is 15.2. The first-order chi connectivity index (χ1) is 13.5. The number of nitrogens with two attached hydrogens (primary N) is 1. The van der Waals surface area contributed by atoms with Gasteiger partial charge in [-0.2, -0.15) is 0 Å². The molecule has 0 saturated carbocycles. The van der Waals surface area contributed by atoms with Gasteiger partial charge in [-0.3, -0.25) is 14.5 Å². The maximum Gasteiger partial charge on any atom is 0.253 e. The highest BCUT2D eigenvalue weighted by atomic mass is 35.5.